The SMILES string of the molecule is CCC1(CNc2ccc(N)c(C(C)=O)c2)CCCC1. The topological polar surface area (TPSA) is 55.1 Å². The summed E-state index contributed by atoms with van der Waals surface area (Å²) in [6, 6.07) is 5.64. The van der Waals surface area contributed by atoms with Crippen molar-refractivity contribution in [3.8, 4) is 0 Å². The van der Waals surface area contributed by atoms with Crippen LogP contribution in [-0.2, 0) is 0 Å². The van der Waals surface area contributed by atoms with Gasteiger partial charge < -0.3 is 11.1 Å². The standard InChI is InChI=1S/C16H24N2O/c1-3-16(8-4-5-9-16)11-18-13-6-7-15(17)14(10-13)12(2)19/h6-7,10,18H,3-5,8-9,11,17H2,1-2H3. The number of nitrogens with one attached hydrogen (secondary N) is 1. The van der Waals surface area contributed by atoms with Gasteiger partial charge >= 0.3 is 0 Å². The van der Waals surface area contributed by atoms with Crippen LogP contribution in [0.15, 0.2) is 18.2 Å². The lowest BCUT2D eigenvalue weighted by molar-refractivity contribution is 0.101. The highest BCUT2D eigenvalue weighted by Gasteiger charge is 2.31. The van der Waals surface area contributed by atoms with Crippen LogP contribution in [0.25, 0.3) is 0 Å². The van der Waals surface area contributed by atoms with Crippen molar-refractivity contribution in [2.24, 2.45) is 5.41 Å². The molecule has 0 heterocycles. The van der Waals surface area contributed by atoms with Gasteiger partial charge in [0.2, 0.25) is 0 Å². The Morgan fingerprint density at radius 3 is 2.63 bits per heavy atom. The number of carbonyl (C=O) groups is 1. The minimum absolute atomic E-state index is 0.0206. The fraction of sp³-hybridized carbons (Fsp3) is 0.562. The van der Waals surface area contributed by atoms with Crippen LogP contribution in [0.5, 0.6) is 0 Å². The van der Waals surface area contributed by atoms with Gasteiger partial charge in [-0.15, -0.1) is 0 Å². The zero-order chi connectivity index (χ0) is 13.9. The van der Waals surface area contributed by atoms with Crippen molar-refractivity contribution in [2.45, 2.75) is 46.0 Å². The highest BCUT2D eigenvalue weighted by molar-refractivity contribution is 6.00. The van der Waals surface area contributed by atoms with E-state index >= 15 is 0 Å². The van der Waals surface area contributed by atoms with E-state index in [2.05, 4.69) is 12.2 Å². The predicted octanol–water partition coefficient (Wildman–Crippen LogP) is 3.85. The molecule has 0 aromatic heterocycles. The average molecular weight is 260 g/mol. The van der Waals surface area contributed by atoms with Crippen LogP contribution in [0.2, 0.25) is 0 Å². The van der Waals surface area contributed by atoms with Crippen LogP contribution in [-0.4, -0.2) is 12.3 Å². The van der Waals surface area contributed by atoms with E-state index in [1.54, 1.807) is 6.92 Å². The van der Waals surface area contributed by atoms with Gasteiger partial charge in [0.05, 0.1) is 0 Å². The predicted molar refractivity (Wildman–Crippen MR) is 80.5 cm³/mol. The Morgan fingerprint density at radius 2 is 2.05 bits per heavy atom. The average Bonchev–Trinajstić information content (AvgIpc) is 2.87. The van der Waals surface area contributed by atoms with E-state index in [0.29, 0.717) is 16.7 Å². The molecule has 1 fully saturated rings. The largest absolute Gasteiger partial charge is 0.398 e. The second-order valence-electron chi connectivity index (χ2n) is 5.77. The molecular formula is C16H24N2O. The zero-order valence-electron chi connectivity index (χ0n) is 12.0. The van der Waals surface area contributed by atoms with Crippen LogP contribution in [0, 0.1) is 5.41 Å². The van der Waals surface area contributed by atoms with Crippen LogP contribution in [0.4, 0.5) is 11.4 Å². The lowest BCUT2D eigenvalue weighted by atomic mass is 9.83. The zero-order valence-corrected chi connectivity index (χ0v) is 12.0. The molecule has 3 heteroatoms. The van der Waals surface area contributed by atoms with Crippen molar-refractivity contribution < 1.29 is 4.79 Å². The number of hydrogen-bond donors (Lipinski definition) is 2. The van der Waals surface area contributed by atoms with E-state index in [-0.39, 0.29) is 5.78 Å². The highest BCUT2D eigenvalue weighted by Crippen LogP contribution is 2.41. The van der Waals surface area contributed by atoms with Gasteiger partial charge in [0.1, 0.15) is 0 Å². The monoisotopic (exact) mass is 260 g/mol. The van der Waals surface area contributed by atoms with Crippen LogP contribution in [0.3, 0.4) is 0 Å². The van der Waals surface area contributed by atoms with E-state index in [0.717, 1.165) is 12.2 Å². The summed E-state index contributed by atoms with van der Waals surface area (Å²) < 4.78 is 0. The normalized spacial score (nSPS) is 17.4. The van der Waals surface area contributed by atoms with Gasteiger partial charge in [0, 0.05) is 23.5 Å². The maximum atomic E-state index is 11.5. The third kappa shape index (κ3) is 3.09. The summed E-state index contributed by atoms with van der Waals surface area (Å²) >= 11 is 0. The molecule has 1 saturated carbocycles. The van der Waals surface area contributed by atoms with Crippen molar-refractivity contribution in [1.82, 2.24) is 0 Å². The first-order valence-electron chi connectivity index (χ1n) is 7.21. The van der Waals surface area contributed by atoms with E-state index in [1.165, 1.54) is 32.1 Å². The molecule has 0 aliphatic heterocycles. The number of nitrogen functional groups attached to an aromatic ring is 1. The third-order valence-electron chi connectivity index (χ3n) is 4.51. The number of carbonyl (C=O) groups excluding carboxylic acids is 1. The van der Waals surface area contributed by atoms with Gasteiger partial charge in [-0.3, -0.25) is 4.79 Å². The van der Waals surface area contributed by atoms with Gasteiger partial charge in [-0.05, 0) is 49.8 Å². The first kappa shape index (κ1) is 13.9. The smallest absolute Gasteiger partial charge is 0.161 e. The van der Waals surface area contributed by atoms with Crippen molar-refractivity contribution in [3.63, 3.8) is 0 Å². The fourth-order valence-electron chi connectivity index (χ4n) is 3.04. The maximum absolute atomic E-state index is 11.5. The van der Waals surface area contributed by atoms with Crippen molar-refractivity contribution in [1.29, 1.82) is 0 Å². The number of Topliss-reactive ketones (excluding diaryl/α,β-unsaturated/α-hetero) is 1. The molecule has 0 amide bonds. The lowest BCUT2D eigenvalue weighted by Crippen LogP contribution is -2.25. The van der Waals surface area contributed by atoms with Crippen molar-refractivity contribution >= 4 is 17.2 Å². The van der Waals surface area contributed by atoms with Crippen molar-refractivity contribution in [2.75, 3.05) is 17.6 Å². The molecule has 1 aliphatic carbocycles. The first-order valence-corrected chi connectivity index (χ1v) is 7.21. The Kier molecular flexibility index (Phi) is 4.13. The molecular weight excluding hydrogens is 236 g/mol. The molecule has 104 valence electrons. The quantitative estimate of drug-likeness (QED) is 0.624. The number of ketones is 1. The third-order valence-corrected chi connectivity index (χ3v) is 4.51. The second-order valence-corrected chi connectivity index (χ2v) is 5.77. The number of rotatable bonds is 5. The Labute approximate surface area is 115 Å². The van der Waals surface area contributed by atoms with E-state index in [1.807, 2.05) is 18.2 Å². The van der Waals surface area contributed by atoms with Crippen molar-refractivity contribution in [3.05, 3.63) is 23.8 Å². The Bertz CT molecular complexity index is 462. The molecule has 2 rings (SSSR count). The second kappa shape index (κ2) is 5.64. The van der Waals surface area contributed by atoms with Crippen LogP contribution >= 0.6 is 0 Å². The minimum atomic E-state index is 0.0206. The van der Waals surface area contributed by atoms with Gasteiger partial charge in [-0.2, -0.15) is 0 Å². The van der Waals surface area contributed by atoms with Gasteiger partial charge in [-0.1, -0.05) is 19.8 Å². The summed E-state index contributed by atoms with van der Waals surface area (Å²) in [6.45, 7) is 4.82. The number of nitrogens with two attached hydrogens (primary N) is 1. The first-order chi connectivity index (χ1) is 9.06. The molecule has 3 nitrogen and oxygen atoms in total. The van der Waals surface area contributed by atoms with E-state index in [4.69, 9.17) is 5.73 Å². The summed E-state index contributed by atoms with van der Waals surface area (Å²) in [7, 11) is 0. The Hall–Kier alpha value is -1.51. The fourth-order valence-corrected chi connectivity index (χ4v) is 3.04. The molecule has 0 bridgehead atoms. The molecule has 1 aliphatic rings. The van der Waals surface area contributed by atoms with Gasteiger partial charge in [0.15, 0.2) is 5.78 Å². The summed E-state index contributed by atoms with van der Waals surface area (Å²) in [6.07, 6.45) is 6.52. The minimum Gasteiger partial charge on any atom is -0.398 e. The highest BCUT2D eigenvalue weighted by atomic mass is 16.1. The molecule has 19 heavy (non-hydrogen) atoms. The molecule has 1 aromatic carbocycles. The molecule has 0 unspecified atom stereocenters. The van der Waals surface area contributed by atoms with Gasteiger partial charge in [0.25, 0.3) is 0 Å². The molecule has 3 N–H and O–H groups in total. The number of anilines is 2. The summed E-state index contributed by atoms with van der Waals surface area (Å²) in [5.41, 5.74) is 8.43. The number of benzene rings is 1. The lowest BCUT2D eigenvalue weighted by Gasteiger charge is -2.28. The summed E-state index contributed by atoms with van der Waals surface area (Å²) in [5.74, 6) is 0.0206. The van der Waals surface area contributed by atoms with E-state index in [9.17, 15) is 4.79 Å². The molecule has 0 saturated heterocycles. The maximum Gasteiger partial charge on any atom is 0.161 e. The molecule has 0 atom stereocenters. The number of hydrogen-bond acceptors (Lipinski definition) is 3. The van der Waals surface area contributed by atoms with Crippen LogP contribution in [0.1, 0.15) is 56.3 Å². The summed E-state index contributed by atoms with van der Waals surface area (Å²) in [4.78, 5) is 11.5. The Balaban J connectivity index is 2.07. The summed E-state index contributed by atoms with van der Waals surface area (Å²) in [5, 5.41) is 3.49. The molecule has 1 aromatic rings. The Morgan fingerprint density at radius 1 is 1.37 bits per heavy atom. The molecule has 0 spiro atoms. The van der Waals surface area contributed by atoms with Crippen LogP contribution < -0.4 is 11.1 Å². The molecule has 0 radical (unpaired) electrons. The van der Waals surface area contributed by atoms with E-state index < -0.39 is 0 Å². The van der Waals surface area contributed by atoms with Gasteiger partial charge in [-0.25, -0.2) is 0 Å².